The van der Waals surface area contributed by atoms with E-state index in [2.05, 4.69) is 10.6 Å². The second-order valence-electron chi connectivity index (χ2n) is 15.2. The van der Waals surface area contributed by atoms with Gasteiger partial charge in [-0.15, -0.1) is 0 Å². The third-order valence-electron chi connectivity index (χ3n) is 8.04. The molecule has 14 nitrogen and oxygen atoms in total. The minimum Gasteiger partial charge on any atom is -0.488 e. The molecule has 0 heterocycles. The van der Waals surface area contributed by atoms with E-state index in [0.717, 1.165) is 11.1 Å². The fourth-order valence-electron chi connectivity index (χ4n) is 5.42. The van der Waals surface area contributed by atoms with Crippen molar-refractivity contribution < 1.29 is 57.8 Å². The van der Waals surface area contributed by atoms with Crippen LogP contribution in [0.2, 0.25) is 0 Å². The average molecular weight is 829 g/mol. The summed E-state index contributed by atoms with van der Waals surface area (Å²) in [6.07, 6.45) is 0.0336. The highest BCUT2D eigenvalue weighted by Gasteiger charge is 2.27. The van der Waals surface area contributed by atoms with E-state index in [1.54, 1.807) is 77.9 Å². The number of carbonyl (C=O) groups excluding carboxylic acids is 4. The van der Waals surface area contributed by atoms with Crippen molar-refractivity contribution in [2.75, 3.05) is 14.2 Å². The molecule has 0 fully saturated rings. The lowest BCUT2D eigenvalue weighted by Crippen LogP contribution is -2.45. The summed E-state index contributed by atoms with van der Waals surface area (Å²) in [5, 5.41) is 24.4. The number of amides is 2. The summed E-state index contributed by atoms with van der Waals surface area (Å²) in [5.41, 5.74) is 2.64. The molecule has 60 heavy (non-hydrogen) atoms. The van der Waals surface area contributed by atoms with Gasteiger partial charge in [-0.1, -0.05) is 97.1 Å². The van der Waals surface area contributed by atoms with Crippen LogP contribution in [-0.4, -0.2) is 65.8 Å². The number of hydrogen-bond acceptors (Lipinski definition) is 12. The maximum absolute atomic E-state index is 12.3. The Hall–Kier alpha value is -6.38. The van der Waals surface area contributed by atoms with Crippen LogP contribution in [0.1, 0.15) is 74.9 Å². The van der Waals surface area contributed by atoms with Gasteiger partial charge in [0.15, 0.2) is 0 Å². The van der Waals surface area contributed by atoms with Crippen LogP contribution in [0.15, 0.2) is 103 Å². The third-order valence-corrected chi connectivity index (χ3v) is 8.04. The van der Waals surface area contributed by atoms with Gasteiger partial charge in [-0.3, -0.25) is 5.32 Å². The summed E-state index contributed by atoms with van der Waals surface area (Å²) in [4.78, 5) is 48.8. The lowest BCUT2D eigenvalue weighted by molar-refractivity contribution is -0.143. The van der Waals surface area contributed by atoms with Gasteiger partial charge in [0, 0.05) is 23.1 Å². The first-order chi connectivity index (χ1) is 28.5. The number of esters is 2. The average Bonchev–Trinajstić information content (AvgIpc) is 3.21. The second-order valence-corrected chi connectivity index (χ2v) is 15.2. The molecule has 2 amide bonds. The van der Waals surface area contributed by atoms with E-state index in [4.69, 9.17) is 28.4 Å². The molecular formula is C46H56N2O12. The van der Waals surface area contributed by atoms with E-state index in [1.807, 2.05) is 60.7 Å². The van der Waals surface area contributed by atoms with Crippen molar-refractivity contribution in [3.63, 3.8) is 0 Å². The molecule has 4 aromatic carbocycles. The highest BCUT2D eigenvalue weighted by molar-refractivity contribution is 5.97. The Morgan fingerprint density at radius 3 is 1.60 bits per heavy atom. The van der Waals surface area contributed by atoms with Crippen molar-refractivity contribution in [2.24, 2.45) is 0 Å². The molecule has 0 aliphatic heterocycles. The van der Waals surface area contributed by atoms with Crippen molar-refractivity contribution in [3.8, 4) is 11.5 Å². The Morgan fingerprint density at radius 1 is 0.617 bits per heavy atom. The molecule has 0 aliphatic rings. The van der Waals surface area contributed by atoms with E-state index >= 15 is 0 Å². The minimum absolute atomic E-state index is 0.115. The van der Waals surface area contributed by atoms with Gasteiger partial charge in [0.05, 0.1) is 27.4 Å². The van der Waals surface area contributed by atoms with Crippen LogP contribution in [0.25, 0.3) is 6.08 Å². The van der Waals surface area contributed by atoms with Crippen molar-refractivity contribution in [2.45, 2.75) is 91.6 Å². The maximum Gasteiger partial charge on any atom is 0.412 e. The fraction of sp³-hybridized carbons (Fsp3) is 0.348. The topological polar surface area (TPSA) is 188 Å². The number of methoxy groups -OCH3 is 2. The quantitative estimate of drug-likeness (QED) is 0.0539. The highest BCUT2D eigenvalue weighted by atomic mass is 16.6. The van der Waals surface area contributed by atoms with Gasteiger partial charge < -0.3 is 44.0 Å². The first kappa shape index (κ1) is 48.0. The molecule has 0 aliphatic carbocycles. The standard InChI is InChI=1S/C23H29NO6.C23H27NO6/c2*1-23(2,3)30-22(27)24-19(21(26)28-4)13-17-11-8-12-18(14-25)20(17)29-15-16-9-6-5-7-10-16/h5-12,19,25H,13-15H2,1-4H3,(H,24,27);5-13,25H,14-15H2,1-4H3,(H,24,27)/b;19-13-/t19-;/m0./s1. The number of aliphatic hydroxyl groups is 2. The summed E-state index contributed by atoms with van der Waals surface area (Å²) in [7, 11) is 2.47. The fourth-order valence-corrected chi connectivity index (χ4v) is 5.42. The van der Waals surface area contributed by atoms with E-state index < -0.39 is 41.4 Å². The Morgan fingerprint density at radius 2 is 1.10 bits per heavy atom. The molecular weight excluding hydrogens is 773 g/mol. The first-order valence-electron chi connectivity index (χ1n) is 19.1. The monoisotopic (exact) mass is 828 g/mol. The van der Waals surface area contributed by atoms with Crippen LogP contribution >= 0.6 is 0 Å². The number of carbonyl (C=O) groups is 4. The number of para-hydroxylation sites is 2. The lowest BCUT2D eigenvalue weighted by atomic mass is 10.0. The van der Waals surface area contributed by atoms with Crippen LogP contribution in [0.3, 0.4) is 0 Å². The maximum atomic E-state index is 12.3. The molecule has 0 saturated heterocycles. The van der Waals surface area contributed by atoms with Gasteiger partial charge in [-0.2, -0.15) is 0 Å². The zero-order valence-corrected chi connectivity index (χ0v) is 35.4. The van der Waals surface area contributed by atoms with Crippen LogP contribution < -0.4 is 20.1 Å². The summed E-state index contributed by atoms with van der Waals surface area (Å²) >= 11 is 0. The van der Waals surface area contributed by atoms with Gasteiger partial charge in [0.25, 0.3) is 0 Å². The van der Waals surface area contributed by atoms with E-state index in [9.17, 15) is 29.4 Å². The summed E-state index contributed by atoms with van der Waals surface area (Å²) in [6.45, 7) is 10.5. The highest BCUT2D eigenvalue weighted by Crippen LogP contribution is 2.29. The molecule has 4 rings (SSSR count). The molecule has 0 saturated carbocycles. The smallest absolute Gasteiger partial charge is 0.412 e. The molecule has 4 aromatic rings. The molecule has 0 bridgehead atoms. The van der Waals surface area contributed by atoms with Crippen LogP contribution in [-0.2, 0) is 61.4 Å². The SMILES string of the molecule is COC(=O)/C(=C/c1cccc(CO)c1OCc1ccccc1)NC(=O)OC(C)(C)C.COC(=O)[C@H](Cc1cccc(CO)c1OCc1ccccc1)NC(=O)OC(C)(C)C. The summed E-state index contributed by atoms with van der Waals surface area (Å²) < 4.78 is 32.0. The number of aliphatic hydroxyl groups excluding tert-OH is 2. The number of hydrogen-bond donors (Lipinski definition) is 4. The zero-order valence-electron chi connectivity index (χ0n) is 35.4. The predicted molar refractivity (Wildman–Crippen MR) is 225 cm³/mol. The van der Waals surface area contributed by atoms with E-state index in [-0.39, 0.29) is 31.9 Å². The minimum atomic E-state index is -0.974. The molecule has 4 N–H and O–H groups in total. The van der Waals surface area contributed by atoms with E-state index in [0.29, 0.717) is 40.4 Å². The van der Waals surface area contributed by atoms with Crippen molar-refractivity contribution in [1.29, 1.82) is 0 Å². The Balaban J connectivity index is 0.000000320. The lowest BCUT2D eigenvalue weighted by Gasteiger charge is -2.23. The van der Waals surface area contributed by atoms with E-state index in [1.165, 1.54) is 20.3 Å². The second kappa shape index (κ2) is 23.3. The Kier molecular flexibility index (Phi) is 18.6. The van der Waals surface area contributed by atoms with Crippen LogP contribution in [0.4, 0.5) is 9.59 Å². The van der Waals surface area contributed by atoms with Crippen molar-refractivity contribution in [1.82, 2.24) is 10.6 Å². The molecule has 0 radical (unpaired) electrons. The van der Waals surface area contributed by atoms with Crippen molar-refractivity contribution >= 4 is 30.2 Å². The van der Waals surface area contributed by atoms with Crippen LogP contribution in [0.5, 0.6) is 11.5 Å². The molecule has 0 aromatic heterocycles. The third kappa shape index (κ3) is 16.5. The molecule has 0 spiro atoms. The normalized spacial score (nSPS) is 11.8. The van der Waals surface area contributed by atoms with Gasteiger partial charge in [0.1, 0.15) is 47.7 Å². The van der Waals surface area contributed by atoms with Gasteiger partial charge in [-0.25, -0.2) is 19.2 Å². The zero-order chi connectivity index (χ0) is 44.3. The van der Waals surface area contributed by atoms with Crippen molar-refractivity contribution in [3.05, 3.63) is 136 Å². The molecule has 322 valence electrons. The molecule has 0 unspecified atom stereocenters. The van der Waals surface area contributed by atoms with Gasteiger partial charge in [0.2, 0.25) is 0 Å². The summed E-state index contributed by atoms with van der Waals surface area (Å²) in [5.74, 6) is -0.478. The number of alkyl carbamates (subject to hydrolysis) is 2. The Labute approximate surface area is 351 Å². The molecule has 14 heteroatoms. The first-order valence-corrected chi connectivity index (χ1v) is 19.1. The van der Waals surface area contributed by atoms with Gasteiger partial charge in [-0.05, 0) is 64.3 Å². The number of nitrogens with one attached hydrogen (secondary N) is 2. The Bertz CT molecular complexity index is 2040. The summed E-state index contributed by atoms with van der Waals surface area (Å²) in [6, 6.07) is 28.6. The van der Waals surface area contributed by atoms with Crippen LogP contribution in [0, 0.1) is 0 Å². The number of ether oxygens (including phenoxy) is 6. The number of rotatable bonds is 15. The largest absolute Gasteiger partial charge is 0.488 e. The van der Waals surface area contributed by atoms with Gasteiger partial charge >= 0.3 is 24.1 Å². The molecule has 1 atom stereocenters. The number of benzene rings is 4. The predicted octanol–water partition coefficient (Wildman–Crippen LogP) is 7.16.